The highest BCUT2D eigenvalue weighted by Gasteiger charge is 2.30. The lowest BCUT2D eigenvalue weighted by Crippen LogP contribution is -2.42. The van der Waals surface area contributed by atoms with E-state index in [0.717, 1.165) is 12.0 Å². The van der Waals surface area contributed by atoms with Gasteiger partial charge in [-0.3, -0.25) is 0 Å². The molecule has 2 heteroatoms. The van der Waals surface area contributed by atoms with E-state index in [9.17, 15) is 0 Å². The SMILES string of the molecule is CC1CCN(C[Si](C)(C)C)C1C. The number of rotatable bonds is 2. The Bertz CT molecular complexity index is 150. The van der Waals surface area contributed by atoms with Gasteiger partial charge in [0.05, 0.1) is 8.07 Å². The second-order valence-electron chi connectivity index (χ2n) is 5.54. The second kappa shape index (κ2) is 3.50. The first kappa shape index (κ1) is 10.3. The molecule has 2 unspecified atom stereocenters. The van der Waals surface area contributed by atoms with Crippen LogP contribution in [0.4, 0.5) is 0 Å². The first-order valence-corrected chi connectivity index (χ1v) is 8.85. The van der Waals surface area contributed by atoms with Crippen LogP contribution in [0.5, 0.6) is 0 Å². The number of hydrogen-bond donors (Lipinski definition) is 0. The van der Waals surface area contributed by atoms with Gasteiger partial charge in [-0.15, -0.1) is 0 Å². The molecule has 0 spiro atoms. The van der Waals surface area contributed by atoms with Crippen LogP contribution < -0.4 is 0 Å². The van der Waals surface area contributed by atoms with Gasteiger partial charge < -0.3 is 4.90 Å². The molecule has 1 heterocycles. The smallest absolute Gasteiger partial charge is 0.0599 e. The summed E-state index contributed by atoms with van der Waals surface area (Å²) in [6.07, 6.45) is 2.80. The lowest BCUT2D eigenvalue weighted by atomic mass is 10.1. The monoisotopic (exact) mass is 185 g/mol. The molecule has 0 aliphatic carbocycles. The van der Waals surface area contributed by atoms with Crippen molar-refractivity contribution in [2.75, 3.05) is 12.7 Å². The average molecular weight is 185 g/mol. The van der Waals surface area contributed by atoms with E-state index in [1.807, 2.05) is 0 Å². The first-order chi connectivity index (χ1) is 5.40. The van der Waals surface area contributed by atoms with Crippen molar-refractivity contribution >= 4 is 8.07 Å². The van der Waals surface area contributed by atoms with Crippen LogP contribution in [-0.2, 0) is 0 Å². The van der Waals surface area contributed by atoms with E-state index in [2.05, 4.69) is 38.4 Å². The summed E-state index contributed by atoms with van der Waals surface area (Å²) in [5.74, 6) is 0.918. The van der Waals surface area contributed by atoms with Gasteiger partial charge in [-0.25, -0.2) is 0 Å². The van der Waals surface area contributed by atoms with Crippen LogP contribution in [0.2, 0.25) is 19.6 Å². The molecule has 1 saturated heterocycles. The molecule has 0 radical (unpaired) electrons. The third-order valence-corrected chi connectivity index (χ3v) is 4.30. The van der Waals surface area contributed by atoms with E-state index < -0.39 is 8.07 Å². The highest BCUT2D eigenvalue weighted by Crippen LogP contribution is 2.24. The van der Waals surface area contributed by atoms with Gasteiger partial charge >= 0.3 is 0 Å². The summed E-state index contributed by atoms with van der Waals surface area (Å²) >= 11 is 0. The molecule has 1 fully saturated rings. The molecule has 0 aromatic carbocycles. The number of likely N-dealkylation sites (tertiary alicyclic amines) is 1. The van der Waals surface area contributed by atoms with Crippen molar-refractivity contribution in [3.63, 3.8) is 0 Å². The zero-order valence-corrected chi connectivity index (χ0v) is 10.2. The Kier molecular flexibility index (Phi) is 3.00. The quantitative estimate of drug-likeness (QED) is 0.598. The molecule has 0 amide bonds. The second-order valence-corrected chi connectivity index (χ2v) is 11.0. The summed E-state index contributed by atoms with van der Waals surface area (Å²) in [6, 6.07) is 0.830. The molecular weight excluding hydrogens is 162 g/mol. The van der Waals surface area contributed by atoms with Gasteiger partial charge in [-0.05, 0) is 32.0 Å². The summed E-state index contributed by atoms with van der Waals surface area (Å²) in [5.41, 5.74) is 0. The van der Waals surface area contributed by atoms with Gasteiger partial charge in [0.1, 0.15) is 0 Å². The standard InChI is InChI=1S/C10H23NSi/c1-9-6-7-11(10(9)2)8-12(3,4)5/h9-10H,6-8H2,1-5H3. The highest BCUT2D eigenvalue weighted by atomic mass is 28.3. The van der Waals surface area contributed by atoms with Crippen LogP contribution in [0, 0.1) is 5.92 Å². The van der Waals surface area contributed by atoms with Crippen LogP contribution in [0.25, 0.3) is 0 Å². The number of hydrogen-bond acceptors (Lipinski definition) is 1. The normalized spacial score (nSPS) is 32.8. The van der Waals surface area contributed by atoms with Crippen molar-refractivity contribution in [3.05, 3.63) is 0 Å². The largest absolute Gasteiger partial charge is 0.303 e. The maximum absolute atomic E-state index is 2.69. The van der Waals surface area contributed by atoms with Gasteiger partial charge in [0, 0.05) is 6.04 Å². The van der Waals surface area contributed by atoms with Gasteiger partial charge in [-0.1, -0.05) is 26.6 Å². The molecule has 0 saturated carbocycles. The third-order valence-electron chi connectivity index (χ3n) is 2.95. The van der Waals surface area contributed by atoms with E-state index in [0.29, 0.717) is 0 Å². The van der Waals surface area contributed by atoms with Crippen LogP contribution in [-0.4, -0.2) is 31.7 Å². The molecule has 12 heavy (non-hydrogen) atoms. The predicted molar refractivity (Wildman–Crippen MR) is 58.2 cm³/mol. The van der Waals surface area contributed by atoms with Crippen LogP contribution >= 0.6 is 0 Å². The van der Waals surface area contributed by atoms with Crippen LogP contribution in [0.15, 0.2) is 0 Å². The van der Waals surface area contributed by atoms with E-state index in [4.69, 9.17) is 0 Å². The molecule has 72 valence electrons. The van der Waals surface area contributed by atoms with Gasteiger partial charge in [0.2, 0.25) is 0 Å². The number of nitrogens with zero attached hydrogens (tertiary/aromatic N) is 1. The Balaban J connectivity index is 2.44. The average Bonchev–Trinajstić information content (AvgIpc) is 2.16. The van der Waals surface area contributed by atoms with Crippen molar-refractivity contribution in [2.45, 2.75) is 46.0 Å². The maximum Gasteiger partial charge on any atom is 0.0599 e. The van der Waals surface area contributed by atoms with E-state index in [-0.39, 0.29) is 0 Å². The first-order valence-electron chi connectivity index (χ1n) is 5.14. The fraction of sp³-hybridized carbons (Fsp3) is 1.00. The van der Waals surface area contributed by atoms with Crippen molar-refractivity contribution in [2.24, 2.45) is 5.92 Å². The Labute approximate surface area is 78.2 Å². The summed E-state index contributed by atoms with van der Waals surface area (Å²) in [6.45, 7) is 13.5. The Hall–Kier alpha value is 0.177. The summed E-state index contributed by atoms with van der Waals surface area (Å²) < 4.78 is 0. The fourth-order valence-corrected chi connectivity index (χ4v) is 3.67. The minimum Gasteiger partial charge on any atom is -0.303 e. The molecule has 0 N–H and O–H groups in total. The zero-order valence-electron chi connectivity index (χ0n) is 9.22. The molecule has 0 bridgehead atoms. The molecule has 0 aromatic heterocycles. The predicted octanol–water partition coefficient (Wildman–Crippen LogP) is 2.59. The Morgan fingerprint density at radius 2 is 1.83 bits per heavy atom. The molecular formula is C10H23NSi. The van der Waals surface area contributed by atoms with E-state index >= 15 is 0 Å². The lowest BCUT2D eigenvalue weighted by Gasteiger charge is -2.29. The van der Waals surface area contributed by atoms with Crippen molar-refractivity contribution in [1.82, 2.24) is 4.90 Å². The van der Waals surface area contributed by atoms with Gasteiger partial charge in [-0.2, -0.15) is 0 Å². The van der Waals surface area contributed by atoms with Crippen LogP contribution in [0.1, 0.15) is 20.3 Å². The molecule has 2 atom stereocenters. The van der Waals surface area contributed by atoms with E-state index in [1.165, 1.54) is 19.1 Å². The maximum atomic E-state index is 2.69. The molecule has 0 aromatic rings. The van der Waals surface area contributed by atoms with Crippen molar-refractivity contribution in [3.8, 4) is 0 Å². The molecule has 1 aliphatic heterocycles. The topological polar surface area (TPSA) is 3.24 Å². The summed E-state index contributed by atoms with van der Waals surface area (Å²) in [4.78, 5) is 2.69. The van der Waals surface area contributed by atoms with Gasteiger partial charge in [0.15, 0.2) is 0 Å². The third kappa shape index (κ3) is 2.59. The minimum absolute atomic E-state index is 0.830. The van der Waals surface area contributed by atoms with Crippen LogP contribution in [0.3, 0.4) is 0 Å². The molecule has 1 aliphatic rings. The van der Waals surface area contributed by atoms with Gasteiger partial charge in [0.25, 0.3) is 0 Å². The van der Waals surface area contributed by atoms with Crippen molar-refractivity contribution < 1.29 is 0 Å². The fourth-order valence-electron chi connectivity index (χ4n) is 2.01. The minimum atomic E-state index is -0.868. The highest BCUT2D eigenvalue weighted by molar-refractivity contribution is 6.76. The lowest BCUT2D eigenvalue weighted by molar-refractivity contribution is 0.281. The molecule has 1 rings (SSSR count). The summed E-state index contributed by atoms with van der Waals surface area (Å²) in [5, 5.41) is 0. The Morgan fingerprint density at radius 1 is 1.25 bits per heavy atom. The zero-order chi connectivity index (χ0) is 9.35. The van der Waals surface area contributed by atoms with Crippen molar-refractivity contribution in [1.29, 1.82) is 0 Å². The molecule has 1 nitrogen and oxygen atoms in total. The summed E-state index contributed by atoms with van der Waals surface area (Å²) in [7, 11) is -0.868. The Morgan fingerprint density at radius 3 is 2.17 bits per heavy atom. The van der Waals surface area contributed by atoms with E-state index in [1.54, 1.807) is 0 Å².